The van der Waals surface area contributed by atoms with Gasteiger partial charge in [-0.05, 0) is 18.6 Å². The normalized spacial score (nSPS) is 9.40. The highest BCUT2D eigenvalue weighted by Crippen LogP contribution is 2.06. The van der Waals surface area contributed by atoms with Crippen LogP contribution in [0.3, 0.4) is 0 Å². The Bertz CT molecular complexity index is 189. The van der Waals surface area contributed by atoms with E-state index in [2.05, 4.69) is 23.3 Å². The predicted octanol–water partition coefficient (Wildman–Crippen LogP) is 1.69. The fraction of sp³-hybridized carbons (Fsp3) is 0.375. The van der Waals surface area contributed by atoms with Crippen molar-refractivity contribution in [1.82, 2.24) is 4.98 Å². The Hall–Kier alpha value is -1.05. The van der Waals surface area contributed by atoms with Gasteiger partial charge in [-0.1, -0.05) is 6.92 Å². The summed E-state index contributed by atoms with van der Waals surface area (Å²) in [6, 6.07) is 4.01. The molecular weight excluding hydrogens is 124 g/mol. The highest BCUT2D eigenvalue weighted by Gasteiger charge is 1.90. The van der Waals surface area contributed by atoms with Gasteiger partial charge in [0.25, 0.3) is 0 Å². The lowest BCUT2D eigenvalue weighted by atomic mass is 10.3. The van der Waals surface area contributed by atoms with Crippen LogP contribution in [0.15, 0.2) is 18.3 Å². The molecule has 0 aliphatic heterocycles. The number of pyridine rings is 1. The van der Waals surface area contributed by atoms with Crippen molar-refractivity contribution >= 4 is 5.69 Å². The third-order valence-corrected chi connectivity index (χ3v) is 1.47. The lowest BCUT2D eigenvalue weighted by Crippen LogP contribution is -1.91. The van der Waals surface area contributed by atoms with Crippen molar-refractivity contribution in [3.63, 3.8) is 0 Å². The van der Waals surface area contributed by atoms with Gasteiger partial charge in [-0.25, -0.2) is 0 Å². The summed E-state index contributed by atoms with van der Waals surface area (Å²) in [6.07, 6.45) is 2.82. The van der Waals surface area contributed by atoms with E-state index in [9.17, 15) is 0 Å². The molecule has 54 valence electrons. The minimum absolute atomic E-state index is 0.996. The van der Waals surface area contributed by atoms with Crippen LogP contribution in [0.2, 0.25) is 0 Å². The molecule has 1 aromatic heterocycles. The Morgan fingerprint density at radius 1 is 1.60 bits per heavy atom. The topological polar surface area (TPSA) is 24.9 Å². The van der Waals surface area contributed by atoms with Crippen LogP contribution >= 0.6 is 0 Å². The van der Waals surface area contributed by atoms with Gasteiger partial charge in [-0.3, -0.25) is 4.98 Å². The molecule has 0 bridgehead atoms. The molecule has 0 saturated carbocycles. The molecule has 0 saturated heterocycles. The van der Waals surface area contributed by atoms with E-state index in [0.717, 1.165) is 17.8 Å². The molecule has 0 radical (unpaired) electrons. The summed E-state index contributed by atoms with van der Waals surface area (Å²) < 4.78 is 0. The van der Waals surface area contributed by atoms with E-state index < -0.39 is 0 Å². The maximum Gasteiger partial charge on any atom is 0.0421 e. The van der Waals surface area contributed by atoms with E-state index in [1.165, 1.54) is 0 Å². The van der Waals surface area contributed by atoms with Crippen LogP contribution in [0.4, 0.5) is 5.69 Å². The molecule has 2 nitrogen and oxygen atoms in total. The second-order valence-electron chi connectivity index (χ2n) is 2.14. The van der Waals surface area contributed by atoms with Gasteiger partial charge >= 0.3 is 0 Å². The Balaban J connectivity index is 2.87. The average molecular weight is 136 g/mol. The first kappa shape index (κ1) is 7.06. The van der Waals surface area contributed by atoms with Crippen molar-refractivity contribution in [1.29, 1.82) is 0 Å². The summed E-state index contributed by atoms with van der Waals surface area (Å²) in [4.78, 5) is 4.17. The van der Waals surface area contributed by atoms with Crippen molar-refractivity contribution in [2.45, 2.75) is 13.3 Å². The summed E-state index contributed by atoms with van der Waals surface area (Å²) in [5, 5.41) is 3.06. The lowest BCUT2D eigenvalue weighted by Gasteiger charge is -1.99. The van der Waals surface area contributed by atoms with E-state index in [1.54, 1.807) is 0 Å². The molecule has 0 aromatic carbocycles. The van der Waals surface area contributed by atoms with Gasteiger partial charge in [0, 0.05) is 24.6 Å². The first-order chi connectivity index (χ1) is 4.86. The number of aromatic nitrogens is 1. The van der Waals surface area contributed by atoms with E-state index in [1.807, 2.05) is 19.3 Å². The third-order valence-electron chi connectivity index (χ3n) is 1.47. The zero-order valence-electron chi connectivity index (χ0n) is 6.39. The maximum atomic E-state index is 4.17. The molecule has 0 spiro atoms. The SMILES string of the molecule is CCc1cc(NC)ccn1. The van der Waals surface area contributed by atoms with E-state index >= 15 is 0 Å². The van der Waals surface area contributed by atoms with Gasteiger partial charge in [-0.2, -0.15) is 0 Å². The quantitative estimate of drug-likeness (QED) is 0.669. The van der Waals surface area contributed by atoms with Crippen LogP contribution in [-0.4, -0.2) is 12.0 Å². The molecule has 0 aliphatic carbocycles. The minimum atomic E-state index is 0.996. The first-order valence-electron chi connectivity index (χ1n) is 3.49. The fourth-order valence-corrected chi connectivity index (χ4v) is 0.827. The molecule has 1 aromatic rings. The number of hydrogen-bond donors (Lipinski definition) is 1. The molecule has 1 N–H and O–H groups in total. The largest absolute Gasteiger partial charge is 0.388 e. The maximum absolute atomic E-state index is 4.17. The zero-order chi connectivity index (χ0) is 7.40. The van der Waals surface area contributed by atoms with Crippen molar-refractivity contribution in [3.8, 4) is 0 Å². The molecule has 1 rings (SSSR count). The number of nitrogens with one attached hydrogen (secondary N) is 1. The minimum Gasteiger partial charge on any atom is -0.388 e. The van der Waals surface area contributed by atoms with E-state index in [-0.39, 0.29) is 0 Å². The number of aryl methyl sites for hydroxylation is 1. The Kier molecular flexibility index (Phi) is 2.26. The van der Waals surface area contributed by atoms with Gasteiger partial charge in [0.15, 0.2) is 0 Å². The molecule has 1 heterocycles. The Labute approximate surface area is 61.3 Å². The fourth-order valence-electron chi connectivity index (χ4n) is 0.827. The third kappa shape index (κ3) is 1.47. The van der Waals surface area contributed by atoms with Gasteiger partial charge in [-0.15, -0.1) is 0 Å². The van der Waals surface area contributed by atoms with Gasteiger partial charge in [0.05, 0.1) is 0 Å². The van der Waals surface area contributed by atoms with Crippen LogP contribution in [0.5, 0.6) is 0 Å². The summed E-state index contributed by atoms with van der Waals surface area (Å²) in [7, 11) is 1.91. The monoisotopic (exact) mass is 136 g/mol. The first-order valence-corrected chi connectivity index (χ1v) is 3.49. The number of anilines is 1. The second kappa shape index (κ2) is 3.20. The number of hydrogen-bond acceptors (Lipinski definition) is 2. The van der Waals surface area contributed by atoms with Crippen molar-refractivity contribution in [2.75, 3.05) is 12.4 Å². The van der Waals surface area contributed by atoms with Crippen LogP contribution in [-0.2, 0) is 6.42 Å². The average Bonchev–Trinajstić information content (AvgIpc) is 2.05. The molecule has 10 heavy (non-hydrogen) atoms. The smallest absolute Gasteiger partial charge is 0.0421 e. The van der Waals surface area contributed by atoms with Gasteiger partial charge in [0.2, 0.25) is 0 Å². The molecular formula is C8H12N2. The van der Waals surface area contributed by atoms with Crippen molar-refractivity contribution in [3.05, 3.63) is 24.0 Å². The summed E-state index contributed by atoms with van der Waals surface area (Å²) in [6.45, 7) is 2.10. The predicted molar refractivity (Wildman–Crippen MR) is 43.2 cm³/mol. The van der Waals surface area contributed by atoms with E-state index in [4.69, 9.17) is 0 Å². The van der Waals surface area contributed by atoms with E-state index in [0.29, 0.717) is 0 Å². The molecule has 0 fully saturated rings. The van der Waals surface area contributed by atoms with Gasteiger partial charge < -0.3 is 5.32 Å². The van der Waals surface area contributed by atoms with Crippen LogP contribution < -0.4 is 5.32 Å². The molecule has 0 amide bonds. The Morgan fingerprint density at radius 2 is 2.40 bits per heavy atom. The van der Waals surface area contributed by atoms with Gasteiger partial charge in [0.1, 0.15) is 0 Å². The molecule has 0 aliphatic rings. The second-order valence-corrected chi connectivity index (χ2v) is 2.14. The van der Waals surface area contributed by atoms with Crippen LogP contribution in [0, 0.1) is 0 Å². The van der Waals surface area contributed by atoms with Crippen molar-refractivity contribution in [2.24, 2.45) is 0 Å². The molecule has 0 unspecified atom stereocenters. The van der Waals surface area contributed by atoms with Crippen LogP contribution in [0.25, 0.3) is 0 Å². The van der Waals surface area contributed by atoms with Crippen molar-refractivity contribution < 1.29 is 0 Å². The highest BCUT2D eigenvalue weighted by molar-refractivity contribution is 5.42. The zero-order valence-corrected chi connectivity index (χ0v) is 6.39. The number of rotatable bonds is 2. The summed E-state index contributed by atoms with van der Waals surface area (Å²) >= 11 is 0. The number of nitrogens with zero attached hydrogens (tertiary/aromatic N) is 1. The van der Waals surface area contributed by atoms with Crippen LogP contribution in [0.1, 0.15) is 12.6 Å². The highest BCUT2D eigenvalue weighted by atomic mass is 14.8. The molecule has 0 atom stereocenters. The summed E-state index contributed by atoms with van der Waals surface area (Å²) in [5.74, 6) is 0. The molecule has 2 heteroatoms. The summed E-state index contributed by atoms with van der Waals surface area (Å²) in [5.41, 5.74) is 2.26. The lowest BCUT2D eigenvalue weighted by molar-refractivity contribution is 1.04. The Morgan fingerprint density at radius 3 is 3.00 bits per heavy atom. The standard InChI is InChI=1S/C8H12N2/c1-3-7-6-8(9-2)4-5-10-7/h4-6H,3H2,1-2H3,(H,9,10).